The summed E-state index contributed by atoms with van der Waals surface area (Å²) in [6.45, 7) is 6.58. The number of fused-ring (bicyclic) bond motifs is 2. The van der Waals surface area contributed by atoms with Crippen LogP contribution < -0.4 is 15.5 Å². The SMILES string of the molecule is BC(B)(B)Nc1ncc(-c2nc3cc(N4CCO[C@@H](C)C4)ccc3o2)c2cc(NC(=O)[C@H]3C[C@H]3C)ncc12. The summed E-state index contributed by atoms with van der Waals surface area (Å²) >= 11 is 0. The molecule has 38 heavy (non-hydrogen) atoms. The average molecular weight is 508 g/mol. The lowest BCUT2D eigenvalue weighted by atomic mass is 9.49. The van der Waals surface area contributed by atoms with Crippen molar-refractivity contribution in [2.24, 2.45) is 11.8 Å². The number of carbonyl (C=O) groups is 1. The molecule has 3 aromatic heterocycles. The van der Waals surface area contributed by atoms with Crippen LogP contribution in [0.5, 0.6) is 0 Å². The van der Waals surface area contributed by atoms with Crippen LogP contribution in [-0.2, 0) is 9.53 Å². The van der Waals surface area contributed by atoms with Gasteiger partial charge in [0.1, 0.15) is 40.7 Å². The fourth-order valence-corrected chi connectivity index (χ4v) is 5.02. The lowest BCUT2D eigenvalue weighted by Crippen LogP contribution is -2.41. The van der Waals surface area contributed by atoms with Crippen LogP contribution >= 0.6 is 0 Å². The molecule has 1 saturated carbocycles. The first-order valence-corrected chi connectivity index (χ1v) is 13.3. The second-order valence-corrected chi connectivity index (χ2v) is 11.6. The van der Waals surface area contributed by atoms with Crippen LogP contribution in [0.2, 0.25) is 0 Å². The van der Waals surface area contributed by atoms with Crippen LogP contribution in [0.4, 0.5) is 17.3 Å². The molecule has 1 amide bonds. The highest BCUT2D eigenvalue weighted by molar-refractivity contribution is 6.60. The van der Waals surface area contributed by atoms with E-state index in [0.717, 1.165) is 52.9 Å². The number of hydrogen-bond donors (Lipinski definition) is 2. The van der Waals surface area contributed by atoms with Gasteiger partial charge in [0.15, 0.2) is 5.58 Å². The molecule has 4 aromatic rings. The largest absolute Gasteiger partial charge is 0.436 e. The Balaban J connectivity index is 1.40. The van der Waals surface area contributed by atoms with Crippen molar-refractivity contribution in [2.75, 3.05) is 35.2 Å². The molecule has 3 atom stereocenters. The molecule has 192 valence electrons. The third kappa shape index (κ3) is 4.97. The predicted octanol–water partition coefficient (Wildman–Crippen LogP) is 1.18. The summed E-state index contributed by atoms with van der Waals surface area (Å²) in [6, 6.07) is 7.99. The summed E-state index contributed by atoms with van der Waals surface area (Å²) in [5.41, 5.74) is 3.34. The second-order valence-electron chi connectivity index (χ2n) is 11.6. The van der Waals surface area contributed by atoms with Crippen LogP contribution in [0, 0.1) is 11.8 Å². The number of ether oxygens (including phenoxy) is 1. The van der Waals surface area contributed by atoms with Crippen LogP contribution in [0.1, 0.15) is 20.3 Å². The molecule has 2 N–H and O–H groups in total. The van der Waals surface area contributed by atoms with Gasteiger partial charge in [0.2, 0.25) is 11.8 Å². The first-order chi connectivity index (χ1) is 18.1. The van der Waals surface area contributed by atoms with E-state index in [1.807, 2.05) is 12.1 Å². The Labute approximate surface area is 224 Å². The van der Waals surface area contributed by atoms with Crippen molar-refractivity contribution in [1.29, 1.82) is 0 Å². The van der Waals surface area contributed by atoms with Crippen LogP contribution in [0.3, 0.4) is 0 Å². The van der Waals surface area contributed by atoms with Gasteiger partial charge in [-0.1, -0.05) is 6.92 Å². The molecule has 1 aliphatic carbocycles. The van der Waals surface area contributed by atoms with E-state index in [9.17, 15) is 4.79 Å². The van der Waals surface area contributed by atoms with E-state index in [2.05, 4.69) is 70.0 Å². The first kappa shape index (κ1) is 24.8. The number of hydrogen-bond acceptors (Lipinski definition) is 8. The number of amides is 1. The maximum atomic E-state index is 12.6. The van der Waals surface area contributed by atoms with Gasteiger partial charge < -0.3 is 24.7 Å². The first-order valence-electron chi connectivity index (χ1n) is 13.3. The third-order valence-electron chi connectivity index (χ3n) is 7.17. The molecule has 6 rings (SSSR count). The van der Waals surface area contributed by atoms with Gasteiger partial charge in [-0.3, -0.25) is 4.79 Å². The minimum absolute atomic E-state index is 0.0137. The Morgan fingerprint density at radius 1 is 1.13 bits per heavy atom. The van der Waals surface area contributed by atoms with Crippen molar-refractivity contribution in [2.45, 2.75) is 31.6 Å². The molecule has 9 nitrogen and oxygen atoms in total. The van der Waals surface area contributed by atoms with E-state index < -0.39 is 0 Å². The van der Waals surface area contributed by atoms with Crippen molar-refractivity contribution >= 4 is 68.6 Å². The fraction of sp³-hybridized carbons (Fsp3) is 0.385. The van der Waals surface area contributed by atoms with Crippen LogP contribution in [-0.4, -0.2) is 75.4 Å². The van der Waals surface area contributed by atoms with Gasteiger partial charge in [-0.05, 0) is 48.8 Å². The van der Waals surface area contributed by atoms with Crippen molar-refractivity contribution in [3.8, 4) is 11.5 Å². The summed E-state index contributed by atoms with van der Waals surface area (Å²) in [4.78, 5) is 29.0. The number of aromatic nitrogens is 3. The minimum Gasteiger partial charge on any atom is -0.436 e. The van der Waals surface area contributed by atoms with Crippen molar-refractivity contribution in [1.82, 2.24) is 15.0 Å². The number of pyridine rings is 2. The van der Waals surface area contributed by atoms with E-state index >= 15 is 0 Å². The minimum atomic E-state index is -0.193. The molecule has 1 saturated heterocycles. The van der Waals surface area contributed by atoms with Gasteiger partial charge in [0, 0.05) is 47.9 Å². The maximum Gasteiger partial charge on any atom is 0.229 e. The monoisotopic (exact) mass is 508 g/mol. The number of nitrogens with one attached hydrogen (secondary N) is 2. The van der Waals surface area contributed by atoms with Gasteiger partial charge >= 0.3 is 0 Å². The molecule has 2 fully saturated rings. The molecular weight excluding hydrogens is 477 g/mol. The molecule has 0 radical (unpaired) electrons. The highest BCUT2D eigenvalue weighted by atomic mass is 16.5. The van der Waals surface area contributed by atoms with Gasteiger partial charge in [-0.2, -0.15) is 0 Å². The topological polar surface area (TPSA) is 105 Å². The Bertz CT molecular complexity index is 1540. The van der Waals surface area contributed by atoms with E-state index in [1.54, 1.807) is 12.4 Å². The zero-order valence-corrected chi connectivity index (χ0v) is 22.5. The summed E-state index contributed by atoms with van der Waals surface area (Å²) < 4.78 is 11.9. The molecule has 0 unspecified atom stereocenters. The lowest BCUT2D eigenvalue weighted by molar-refractivity contribution is -0.117. The summed E-state index contributed by atoms with van der Waals surface area (Å²) in [5, 5.41) is 7.95. The molecule has 1 aliphatic heterocycles. The zero-order chi connectivity index (χ0) is 26.6. The molecule has 12 heteroatoms. The van der Waals surface area contributed by atoms with Crippen LogP contribution in [0.15, 0.2) is 41.1 Å². The maximum absolute atomic E-state index is 12.6. The third-order valence-corrected chi connectivity index (χ3v) is 7.17. The summed E-state index contributed by atoms with van der Waals surface area (Å²) in [5.74, 6) is 2.20. The molecule has 1 aromatic carbocycles. The smallest absolute Gasteiger partial charge is 0.229 e. The molecule has 0 spiro atoms. The predicted molar refractivity (Wildman–Crippen MR) is 158 cm³/mol. The second kappa shape index (κ2) is 9.34. The van der Waals surface area contributed by atoms with E-state index in [-0.39, 0.29) is 23.2 Å². The Kier molecular flexibility index (Phi) is 6.09. The number of rotatable bonds is 6. The number of oxazole rings is 1. The quantitative estimate of drug-likeness (QED) is 0.375. The standard InChI is InChI=1S/C26H31B3N6O3/c1-13-7-16(13)24(36)33-22-9-17-18(10-30-22)23(34-26(27,28)29)31-11-19(17)25-32-20-8-15(3-4-21(20)38-25)35-5-6-37-14(2)12-35/h3-4,8-11,13-14,16H,5-7,12,27-29H2,1-2H3,(H,31,34)(H,30,33,36)/t13-,14+,16+/m1/s1. The number of benzene rings is 1. The fourth-order valence-electron chi connectivity index (χ4n) is 5.02. The van der Waals surface area contributed by atoms with Gasteiger partial charge in [-0.15, -0.1) is 0 Å². The van der Waals surface area contributed by atoms with Crippen molar-refractivity contribution in [3.63, 3.8) is 0 Å². The highest BCUT2D eigenvalue weighted by Crippen LogP contribution is 2.39. The number of carbonyl (C=O) groups excluding carboxylic acids is 1. The summed E-state index contributed by atoms with van der Waals surface area (Å²) in [7, 11) is 6.25. The Morgan fingerprint density at radius 2 is 1.95 bits per heavy atom. The lowest BCUT2D eigenvalue weighted by Gasteiger charge is -2.32. The van der Waals surface area contributed by atoms with Gasteiger partial charge in [0.05, 0.1) is 18.3 Å². The highest BCUT2D eigenvalue weighted by Gasteiger charge is 2.39. The van der Waals surface area contributed by atoms with E-state index in [4.69, 9.17) is 19.1 Å². The Hall–Kier alpha value is -3.53. The number of morpholine rings is 1. The van der Waals surface area contributed by atoms with Crippen molar-refractivity contribution in [3.05, 3.63) is 36.7 Å². The van der Waals surface area contributed by atoms with E-state index in [0.29, 0.717) is 29.8 Å². The number of nitrogens with zero attached hydrogens (tertiary/aromatic N) is 4. The van der Waals surface area contributed by atoms with Gasteiger partial charge in [0.25, 0.3) is 0 Å². The zero-order valence-electron chi connectivity index (χ0n) is 22.5. The van der Waals surface area contributed by atoms with Gasteiger partial charge in [-0.25, -0.2) is 15.0 Å². The molecule has 2 aliphatic rings. The van der Waals surface area contributed by atoms with Crippen molar-refractivity contribution < 1.29 is 13.9 Å². The van der Waals surface area contributed by atoms with E-state index in [1.165, 1.54) is 0 Å². The van der Waals surface area contributed by atoms with Crippen LogP contribution in [0.25, 0.3) is 33.3 Å². The molecule has 4 heterocycles. The summed E-state index contributed by atoms with van der Waals surface area (Å²) in [6.07, 6.45) is 4.64. The molecule has 0 bridgehead atoms. The Morgan fingerprint density at radius 3 is 2.68 bits per heavy atom. The average Bonchev–Trinajstić information content (AvgIpc) is 3.45. The molecular formula is C26H31B3N6O3. The number of anilines is 3. The normalized spacial score (nSPS) is 21.5.